The Hall–Kier alpha value is -1.41. The average Bonchev–Trinajstić information content (AvgIpc) is 2.17. The van der Waals surface area contributed by atoms with E-state index in [1.165, 1.54) is 12.1 Å². The molecule has 1 aromatic heterocycles. The summed E-state index contributed by atoms with van der Waals surface area (Å²) in [6.45, 7) is 5.64. The maximum Gasteiger partial charge on any atom is 0.137 e. The first-order valence-electron chi connectivity index (χ1n) is 4.49. The molecule has 0 aliphatic heterocycles. The van der Waals surface area contributed by atoms with Crippen molar-refractivity contribution in [1.82, 2.24) is 4.98 Å². The Kier molecular flexibility index (Phi) is 2.45. The fourth-order valence-corrected chi connectivity index (χ4v) is 1.73. The van der Waals surface area contributed by atoms with Gasteiger partial charge in [-0.15, -0.1) is 0 Å². The first kappa shape index (κ1) is 10.1. The Bertz CT molecular complexity index is 549. The van der Waals surface area contributed by atoms with Gasteiger partial charge in [-0.3, -0.25) is 0 Å². The molecule has 0 spiro atoms. The normalized spacial score (nSPS) is 10.6. The molecular weight excluding hydrogens is 213 g/mol. The van der Waals surface area contributed by atoms with Crippen LogP contribution in [-0.2, 0) is 0 Å². The Morgan fingerprint density at radius 1 is 1.40 bits per heavy atom. The molecule has 2 aromatic rings. The highest BCUT2D eigenvalue weighted by molar-refractivity contribution is 6.31. The van der Waals surface area contributed by atoms with Crippen LogP contribution in [0.1, 0.15) is 12.5 Å². The summed E-state index contributed by atoms with van der Waals surface area (Å²) in [5.41, 5.74) is 2.26. The van der Waals surface area contributed by atoms with Crippen LogP contribution in [0.2, 0.25) is 5.15 Å². The summed E-state index contributed by atoms with van der Waals surface area (Å²) in [6.07, 6.45) is 0. The number of nitrogens with zero attached hydrogens (tertiary/aromatic N) is 1. The van der Waals surface area contributed by atoms with Gasteiger partial charge in [0.1, 0.15) is 11.0 Å². The predicted molar refractivity (Wildman–Crippen MR) is 61.4 cm³/mol. The van der Waals surface area contributed by atoms with Crippen molar-refractivity contribution >= 4 is 28.1 Å². The summed E-state index contributed by atoms with van der Waals surface area (Å²) in [5.74, 6) is -0.278. The van der Waals surface area contributed by atoms with Crippen molar-refractivity contribution in [3.63, 3.8) is 0 Å². The van der Waals surface area contributed by atoms with Gasteiger partial charge >= 0.3 is 0 Å². The molecule has 76 valence electrons. The van der Waals surface area contributed by atoms with Gasteiger partial charge in [-0.25, -0.2) is 9.37 Å². The van der Waals surface area contributed by atoms with Gasteiger partial charge in [-0.05, 0) is 36.8 Å². The van der Waals surface area contributed by atoms with Crippen LogP contribution in [-0.4, -0.2) is 4.98 Å². The first-order valence-corrected chi connectivity index (χ1v) is 4.87. The van der Waals surface area contributed by atoms with E-state index in [-0.39, 0.29) is 5.82 Å². The number of fused-ring (bicyclic) bond motifs is 1. The predicted octanol–water partition coefficient (Wildman–Crippen LogP) is 4.06. The Balaban J connectivity index is 2.77. The van der Waals surface area contributed by atoms with Crippen LogP contribution in [0.4, 0.5) is 4.39 Å². The van der Waals surface area contributed by atoms with Crippen molar-refractivity contribution in [2.75, 3.05) is 0 Å². The first-order chi connectivity index (χ1) is 7.08. The highest BCUT2D eigenvalue weighted by Gasteiger charge is 2.05. The molecule has 1 heterocycles. The van der Waals surface area contributed by atoms with Gasteiger partial charge in [0, 0.05) is 10.9 Å². The van der Waals surface area contributed by atoms with Crippen LogP contribution in [0.3, 0.4) is 0 Å². The van der Waals surface area contributed by atoms with Gasteiger partial charge in [0.15, 0.2) is 0 Å². The zero-order valence-electron chi connectivity index (χ0n) is 8.22. The molecule has 0 atom stereocenters. The van der Waals surface area contributed by atoms with Gasteiger partial charge in [0.2, 0.25) is 0 Å². The molecule has 0 amide bonds. The Morgan fingerprint density at radius 3 is 2.80 bits per heavy atom. The van der Waals surface area contributed by atoms with Crippen molar-refractivity contribution in [1.29, 1.82) is 0 Å². The number of aromatic nitrogens is 1. The SMILES string of the molecule is C=C(C)c1cc2cc(F)ccc2nc1Cl. The van der Waals surface area contributed by atoms with E-state index >= 15 is 0 Å². The topological polar surface area (TPSA) is 12.9 Å². The fraction of sp³-hybridized carbons (Fsp3) is 0.0833. The molecule has 0 bridgehead atoms. The van der Waals surface area contributed by atoms with Crippen LogP contribution in [0, 0.1) is 5.82 Å². The molecule has 15 heavy (non-hydrogen) atoms. The van der Waals surface area contributed by atoms with E-state index in [1.54, 1.807) is 12.1 Å². The minimum Gasteiger partial charge on any atom is -0.235 e. The zero-order chi connectivity index (χ0) is 11.0. The second kappa shape index (κ2) is 3.63. The Morgan fingerprint density at radius 2 is 2.13 bits per heavy atom. The zero-order valence-corrected chi connectivity index (χ0v) is 8.98. The van der Waals surface area contributed by atoms with E-state index in [4.69, 9.17) is 11.6 Å². The van der Waals surface area contributed by atoms with Crippen LogP contribution >= 0.6 is 11.6 Å². The second-order valence-corrected chi connectivity index (χ2v) is 3.80. The molecule has 0 N–H and O–H groups in total. The smallest absolute Gasteiger partial charge is 0.137 e. The van der Waals surface area contributed by atoms with E-state index in [1.807, 2.05) is 6.92 Å². The largest absolute Gasteiger partial charge is 0.235 e. The summed E-state index contributed by atoms with van der Waals surface area (Å²) in [6, 6.07) is 6.21. The number of benzene rings is 1. The third kappa shape index (κ3) is 1.85. The molecule has 0 saturated carbocycles. The molecule has 0 fully saturated rings. The minimum atomic E-state index is -0.278. The summed E-state index contributed by atoms with van der Waals surface area (Å²) in [5, 5.41) is 1.14. The van der Waals surface area contributed by atoms with Gasteiger partial charge in [0.05, 0.1) is 5.52 Å². The van der Waals surface area contributed by atoms with E-state index in [2.05, 4.69) is 11.6 Å². The highest BCUT2D eigenvalue weighted by Crippen LogP contribution is 2.25. The van der Waals surface area contributed by atoms with E-state index < -0.39 is 0 Å². The fourth-order valence-electron chi connectivity index (χ4n) is 1.42. The summed E-state index contributed by atoms with van der Waals surface area (Å²) in [4.78, 5) is 4.18. The number of allylic oxidation sites excluding steroid dienone is 1. The van der Waals surface area contributed by atoms with Gasteiger partial charge in [-0.1, -0.05) is 18.2 Å². The van der Waals surface area contributed by atoms with Crippen molar-refractivity contribution in [2.24, 2.45) is 0 Å². The van der Waals surface area contributed by atoms with E-state index in [0.29, 0.717) is 10.7 Å². The average molecular weight is 222 g/mol. The monoisotopic (exact) mass is 221 g/mol. The lowest BCUT2D eigenvalue weighted by Gasteiger charge is -2.05. The molecule has 2 rings (SSSR count). The van der Waals surface area contributed by atoms with Crippen LogP contribution in [0.15, 0.2) is 30.8 Å². The van der Waals surface area contributed by atoms with Crippen LogP contribution in [0.25, 0.3) is 16.5 Å². The summed E-state index contributed by atoms with van der Waals surface area (Å²) in [7, 11) is 0. The molecule has 0 aliphatic carbocycles. The lowest BCUT2D eigenvalue weighted by atomic mass is 10.1. The highest BCUT2D eigenvalue weighted by atomic mass is 35.5. The maximum atomic E-state index is 13.0. The molecule has 1 nitrogen and oxygen atoms in total. The number of pyridine rings is 1. The Labute approximate surface area is 92.2 Å². The molecular formula is C12H9ClFN. The maximum absolute atomic E-state index is 13.0. The molecule has 0 saturated heterocycles. The third-order valence-electron chi connectivity index (χ3n) is 2.19. The molecule has 0 aliphatic rings. The minimum absolute atomic E-state index is 0.278. The van der Waals surface area contributed by atoms with Gasteiger partial charge < -0.3 is 0 Å². The lowest BCUT2D eigenvalue weighted by Crippen LogP contribution is -1.88. The van der Waals surface area contributed by atoms with E-state index in [0.717, 1.165) is 16.5 Å². The van der Waals surface area contributed by atoms with Crippen LogP contribution < -0.4 is 0 Å². The number of hydrogen-bond donors (Lipinski definition) is 0. The molecule has 3 heteroatoms. The second-order valence-electron chi connectivity index (χ2n) is 3.44. The standard InChI is InChI=1S/C12H9ClFN/c1-7(2)10-6-8-5-9(14)3-4-11(8)15-12(10)13/h3-6H,1H2,2H3. The third-order valence-corrected chi connectivity index (χ3v) is 2.48. The van der Waals surface area contributed by atoms with Crippen LogP contribution in [0.5, 0.6) is 0 Å². The summed E-state index contributed by atoms with van der Waals surface area (Å²) < 4.78 is 13.0. The van der Waals surface area contributed by atoms with Crippen molar-refractivity contribution in [2.45, 2.75) is 6.92 Å². The molecule has 0 radical (unpaired) electrons. The van der Waals surface area contributed by atoms with Gasteiger partial charge in [0.25, 0.3) is 0 Å². The number of rotatable bonds is 1. The number of halogens is 2. The van der Waals surface area contributed by atoms with E-state index in [9.17, 15) is 4.39 Å². The lowest BCUT2D eigenvalue weighted by molar-refractivity contribution is 0.629. The number of hydrogen-bond acceptors (Lipinski definition) is 1. The molecule has 1 aromatic carbocycles. The van der Waals surface area contributed by atoms with Crippen molar-refractivity contribution in [3.05, 3.63) is 47.4 Å². The quantitative estimate of drug-likeness (QED) is 0.662. The van der Waals surface area contributed by atoms with Gasteiger partial charge in [-0.2, -0.15) is 0 Å². The molecule has 0 unspecified atom stereocenters. The van der Waals surface area contributed by atoms with Crippen molar-refractivity contribution < 1.29 is 4.39 Å². The van der Waals surface area contributed by atoms with Crippen molar-refractivity contribution in [3.8, 4) is 0 Å². The summed E-state index contributed by atoms with van der Waals surface area (Å²) >= 11 is 5.97.